The minimum Gasteiger partial charge on any atom is -0.462 e. The van der Waals surface area contributed by atoms with Crippen molar-refractivity contribution in [1.29, 1.82) is 0 Å². The molecule has 0 heterocycles. The molecule has 1 aliphatic rings. The molecule has 0 aliphatic heterocycles. The highest BCUT2D eigenvalue weighted by atomic mass is 31.2. The van der Waals surface area contributed by atoms with Gasteiger partial charge in [0.05, 0.1) is 6.61 Å². The summed E-state index contributed by atoms with van der Waals surface area (Å²) < 4.78 is 33.5. The van der Waals surface area contributed by atoms with E-state index in [0.717, 1.165) is 64.2 Å². The van der Waals surface area contributed by atoms with Gasteiger partial charge in [-0.2, -0.15) is 0 Å². The fraction of sp³-hybridized carbons (Fsp3) is 0.864. The average Bonchev–Trinajstić information content (AvgIpc) is 3.20. The molecular weight excluding hydrogens is 767 g/mol. The van der Waals surface area contributed by atoms with Crippen molar-refractivity contribution in [3.05, 3.63) is 24.3 Å². The van der Waals surface area contributed by atoms with E-state index in [-0.39, 0.29) is 12.8 Å². The van der Waals surface area contributed by atoms with E-state index in [0.29, 0.717) is 12.8 Å². The summed E-state index contributed by atoms with van der Waals surface area (Å²) in [4.78, 5) is 35.6. The van der Waals surface area contributed by atoms with Gasteiger partial charge in [0, 0.05) is 12.8 Å². The quantitative estimate of drug-likeness (QED) is 0.0150. The molecule has 0 radical (unpaired) electrons. The molecule has 0 aromatic carbocycles. The van der Waals surface area contributed by atoms with Gasteiger partial charge >= 0.3 is 19.8 Å². The van der Waals surface area contributed by atoms with Crippen LogP contribution in [-0.4, -0.2) is 98.3 Å². The Labute approximate surface area is 349 Å². The van der Waals surface area contributed by atoms with Crippen LogP contribution < -0.4 is 0 Å². The van der Waals surface area contributed by atoms with E-state index < -0.39 is 75.7 Å². The van der Waals surface area contributed by atoms with Gasteiger partial charge < -0.3 is 39.9 Å². The number of carbonyl (C=O) groups excluding carboxylic acids is 2. The Morgan fingerprint density at radius 3 is 1.45 bits per heavy atom. The van der Waals surface area contributed by atoms with Crippen LogP contribution in [0.5, 0.6) is 0 Å². The molecule has 0 aromatic rings. The summed E-state index contributed by atoms with van der Waals surface area (Å²) in [6.07, 6.45) is 23.8. The van der Waals surface area contributed by atoms with Gasteiger partial charge in [-0.1, -0.05) is 160 Å². The number of carbonyl (C=O) groups is 2. The van der Waals surface area contributed by atoms with Crippen LogP contribution in [0.25, 0.3) is 0 Å². The smallest absolute Gasteiger partial charge is 0.462 e. The van der Waals surface area contributed by atoms with Crippen LogP contribution in [0.1, 0.15) is 187 Å². The molecular formula is C44H81O13P. The molecule has 8 atom stereocenters. The van der Waals surface area contributed by atoms with Gasteiger partial charge in [-0.3, -0.25) is 18.6 Å². The number of aliphatic hydroxyl groups is 5. The predicted octanol–water partition coefficient (Wildman–Crippen LogP) is 8.45. The number of hydrogen-bond acceptors (Lipinski definition) is 12. The van der Waals surface area contributed by atoms with Crippen molar-refractivity contribution in [1.82, 2.24) is 0 Å². The Kier molecular flexibility index (Phi) is 32.8. The summed E-state index contributed by atoms with van der Waals surface area (Å²) in [6.45, 7) is 3.25. The molecule has 340 valence electrons. The Bertz CT molecular complexity index is 1120. The molecule has 1 rings (SSSR count). The lowest BCUT2D eigenvalue weighted by Gasteiger charge is -2.41. The largest absolute Gasteiger partial charge is 0.472 e. The number of aliphatic hydroxyl groups excluding tert-OH is 5. The molecule has 1 aliphatic carbocycles. The summed E-state index contributed by atoms with van der Waals surface area (Å²) in [5.74, 6) is -1.11. The molecule has 1 fully saturated rings. The van der Waals surface area contributed by atoms with E-state index in [4.69, 9.17) is 18.5 Å². The summed E-state index contributed by atoms with van der Waals surface area (Å²) >= 11 is 0. The fourth-order valence-corrected chi connectivity index (χ4v) is 7.81. The van der Waals surface area contributed by atoms with Crippen LogP contribution in [-0.2, 0) is 32.7 Å². The zero-order valence-corrected chi connectivity index (χ0v) is 36.7. The Morgan fingerprint density at radius 1 is 0.534 bits per heavy atom. The topological polar surface area (TPSA) is 210 Å². The van der Waals surface area contributed by atoms with E-state index in [1.807, 2.05) is 0 Å². The van der Waals surface area contributed by atoms with Crippen LogP contribution in [0, 0.1) is 0 Å². The van der Waals surface area contributed by atoms with E-state index in [1.54, 1.807) is 0 Å². The van der Waals surface area contributed by atoms with Crippen LogP contribution in [0.3, 0.4) is 0 Å². The van der Waals surface area contributed by atoms with E-state index >= 15 is 0 Å². The van der Waals surface area contributed by atoms with Gasteiger partial charge in [0.25, 0.3) is 0 Å². The van der Waals surface area contributed by atoms with Crippen molar-refractivity contribution in [3.63, 3.8) is 0 Å². The first kappa shape index (κ1) is 54.3. The number of hydrogen-bond donors (Lipinski definition) is 6. The molecule has 6 N–H and O–H groups in total. The molecule has 0 aromatic heterocycles. The second-order valence-electron chi connectivity index (χ2n) is 15.9. The molecule has 0 saturated heterocycles. The van der Waals surface area contributed by atoms with Crippen LogP contribution >= 0.6 is 7.82 Å². The summed E-state index contributed by atoms with van der Waals surface area (Å²) in [5.41, 5.74) is 0. The zero-order chi connectivity index (χ0) is 42.9. The SMILES string of the molecule is CCCC/C=C/C/C=C/CCCCCCCC(=O)O[C@@H](COC(=O)CCCCCCCCCCCCCCCCC)COP(=O)(O)OC1C(O)C(O)C(O)[C@H](O)C1O. The molecule has 58 heavy (non-hydrogen) atoms. The van der Waals surface area contributed by atoms with Gasteiger partial charge in [0.2, 0.25) is 0 Å². The highest BCUT2D eigenvalue weighted by Crippen LogP contribution is 2.47. The van der Waals surface area contributed by atoms with Gasteiger partial charge in [-0.05, 0) is 38.5 Å². The van der Waals surface area contributed by atoms with Crippen molar-refractivity contribution in [3.8, 4) is 0 Å². The molecule has 13 nitrogen and oxygen atoms in total. The van der Waals surface area contributed by atoms with Gasteiger partial charge in [-0.25, -0.2) is 4.57 Å². The zero-order valence-electron chi connectivity index (χ0n) is 35.8. The summed E-state index contributed by atoms with van der Waals surface area (Å²) in [7, 11) is -5.12. The predicted molar refractivity (Wildman–Crippen MR) is 226 cm³/mol. The van der Waals surface area contributed by atoms with Crippen molar-refractivity contribution in [2.24, 2.45) is 0 Å². The van der Waals surface area contributed by atoms with Gasteiger partial charge in [-0.15, -0.1) is 0 Å². The van der Waals surface area contributed by atoms with Crippen molar-refractivity contribution < 1.29 is 63.1 Å². The number of allylic oxidation sites excluding steroid dienone is 4. The third kappa shape index (κ3) is 27.2. The maximum Gasteiger partial charge on any atom is 0.472 e. The maximum atomic E-state index is 12.8. The van der Waals surface area contributed by atoms with Crippen LogP contribution in [0.4, 0.5) is 0 Å². The molecule has 0 bridgehead atoms. The number of esters is 2. The van der Waals surface area contributed by atoms with E-state index in [9.17, 15) is 44.6 Å². The molecule has 0 spiro atoms. The molecule has 6 unspecified atom stereocenters. The van der Waals surface area contributed by atoms with Gasteiger partial charge in [0.15, 0.2) is 6.10 Å². The third-order valence-corrected chi connectivity index (χ3v) is 11.5. The first-order valence-electron chi connectivity index (χ1n) is 22.6. The fourth-order valence-electron chi connectivity index (χ4n) is 6.83. The number of ether oxygens (including phenoxy) is 2. The highest BCUT2D eigenvalue weighted by Gasteiger charge is 2.51. The van der Waals surface area contributed by atoms with Crippen molar-refractivity contribution in [2.75, 3.05) is 13.2 Å². The van der Waals surface area contributed by atoms with Gasteiger partial charge in [0.1, 0.15) is 43.2 Å². The second kappa shape index (κ2) is 35.0. The maximum absolute atomic E-state index is 12.8. The van der Waals surface area contributed by atoms with Crippen molar-refractivity contribution >= 4 is 19.8 Å². The minimum atomic E-state index is -5.12. The molecule has 0 amide bonds. The molecule has 1 saturated carbocycles. The van der Waals surface area contributed by atoms with Crippen LogP contribution in [0.15, 0.2) is 24.3 Å². The standard InChI is InChI=1S/C44H81O13P/c1-3-5-7-9-11-13-15-17-19-21-22-24-26-28-30-32-37(45)54-34-36(35-55-58(52,53)57-44-42(50)40(48)39(47)41(49)43(44)51)56-38(46)33-31-29-27-25-23-20-18-16-14-12-10-8-6-4-2/h10,12,16,18,36,39-44,47-51H,3-9,11,13-15,17,19-35H2,1-2H3,(H,52,53)/b12-10+,18-16+/t36-,39?,40-,41?,42?,43?,44?/m0/s1. The minimum absolute atomic E-state index is 0.0830. The number of rotatable bonds is 37. The third-order valence-electron chi connectivity index (χ3n) is 10.5. The highest BCUT2D eigenvalue weighted by molar-refractivity contribution is 7.47. The monoisotopic (exact) mass is 849 g/mol. The lowest BCUT2D eigenvalue weighted by Crippen LogP contribution is -2.64. The number of phosphoric acid groups is 1. The first-order valence-corrected chi connectivity index (χ1v) is 24.1. The Morgan fingerprint density at radius 2 is 0.948 bits per heavy atom. The normalized spacial score (nSPS) is 22.7. The average molecular weight is 849 g/mol. The van der Waals surface area contributed by atoms with Crippen LogP contribution in [0.2, 0.25) is 0 Å². The van der Waals surface area contributed by atoms with Crippen molar-refractivity contribution in [2.45, 2.75) is 230 Å². The second-order valence-corrected chi connectivity index (χ2v) is 17.3. The summed E-state index contributed by atoms with van der Waals surface area (Å²) in [6, 6.07) is 0. The van der Waals surface area contributed by atoms with E-state index in [2.05, 4.69) is 38.2 Å². The van der Waals surface area contributed by atoms with E-state index in [1.165, 1.54) is 83.5 Å². The Hall–Kier alpha value is -1.67. The Balaban J connectivity index is 2.47. The summed E-state index contributed by atoms with van der Waals surface area (Å²) in [5, 5.41) is 50.1. The lowest BCUT2D eigenvalue weighted by molar-refractivity contribution is -0.220. The first-order chi connectivity index (χ1) is 27.9. The lowest BCUT2D eigenvalue weighted by atomic mass is 9.85. The number of unbranched alkanes of at least 4 members (excludes halogenated alkanes) is 21. The molecule has 14 heteroatoms. The number of phosphoric ester groups is 1.